The van der Waals surface area contributed by atoms with Gasteiger partial charge in [-0.2, -0.15) is 5.10 Å². The molecule has 1 atom stereocenters. The first kappa shape index (κ1) is 20.9. The van der Waals surface area contributed by atoms with Crippen molar-refractivity contribution in [1.82, 2.24) is 19.8 Å². The van der Waals surface area contributed by atoms with Crippen LogP contribution in [0, 0.1) is 0 Å². The topological polar surface area (TPSA) is 76.5 Å². The normalized spacial score (nSPS) is 18.1. The smallest absolute Gasteiger partial charge is 0.253 e. The van der Waals surface area contributed by atoms with E-state index in [-0.39, 0.29) is 17.7 Å². The molecule has 0 N–H and O–H groups in total. The molecule has 0 aromatic carbocycles. The molecule has 4 aromatic heterocycles. The number of thiophene rings is 2. The summed E-state index contributed by atoms with van der Waals surface area (Å²) in [6.07, 6.45) is 5.34. The number of hydrogen-bond acceptors (Lipinski definition) is 8. The lowest BCUT2D eigenvalue weighted by molar-refractivity contribution is -0.130. The minimum atomic E-state index is -0.103. The zero-order valence-electron chi connectivity index (χ0n) is 17.7. The van der Waals surface area contributed by atoms with Crippen molar-refractivity contribution in [2.24, 2.45) is 5.10 Å². The van der Waals surface area contributed by atoms with Gasteiger partial charge in [-0.25, -0.2) is 5.01 Å². The molecule has 168 valence electrons. The molecule has 1 saturated carbocycles. The fourth-order valence-corrected chi connectivity index (χ4v) is 6.41. The van der Waals surface area contributed by atoms with Crippen molar-refractivity contribution >= 4 is 46.1 Å². The lowest BCUT2D eigenvalue weighted by Gasteiger charge is -2.20. The van der Waals surface area contributed by atoms with Crippen LogP contribution in [0.4, 0.5) is 0 Å². The lowest BCUT2D eigenvalue weighted by Crippen LogP contribution is -2.28. The molecular formula is C23H21N5O2S3. The average molecular weight is 496 g/mol. The predicted octanol–water partition coefficient (Wildman–Crippen LogP) is 5.39. The molecular weight excluding hydrogens is 474 g/mol. The van der Waals surface area contributed by atoms with E-state index < -0.39 is 0 Å². The predicted molar refractivity (Wildman–Crippen MR) is 130 cm³/mol. The number of amides is 1. The van der Waals surface area contributed by atoms with E-state index in [4.69, 9.17) is 4.42 Å². The monoisotopic (exact) mass is 495 g/mol. The maximum Gasteiger partial charge on any atom is 0.253 e. The van der Waals surface area contributed by atoms with Crippen LogP contribution in [0.5, 0.6) is 0 Å². The van der Waals surface area contributed by atoms with E-state index in [1.165, 1.54) is 16.6 Å². The maximum atomic E-state index is 13.3. The van der Waals surface area contributed by atoms with E-state index in [2.05, 4.69) is 43.4 Å². The zero-order valence-corrected chi connectivity index (χ0v) is 20.1. The Morgan fingerprint density at radius 3 is 2.73 bits per heavy atom. The van der Waals surface area contributed by atoms with E-state index in [0.29, 0.717) is 18.2 Å². The first-order valence-electron chi connectivity index (χ1n) is 10.8. The molecule has 2 aliphatic rings. The zero-order chi connectivity index (χ0) is 22.2. The van der Waals surface area contributed by atoms with E-state index in [0.717, 1.165) is 40.8 Å². The molecule has 10 heteroatoms. The molecule has 4 aromatic rings. The van der Waals surface area contributed by atoms with Crippen LogP contribution in [0.3, 0.4) is 0 Å². The molecule has 0 spiro atoms. The Bertz CT molecular complexity index is 1260. The molecule has 0 saturated heterocycles. The third-order valence-corrected chi connectivity index (χ3v) is 8.51. The highest BCUT2D eigenvalue weighted by molar-refractivity contribution is 7.99. The van der Waals surface area contributed by atoms with Crippen LogP contribution < -0.4 is 0 Å². The van der Waals surface area contributed by atoms with Crippen molar-refractivity contribution in [1.29, 1.82) is 0 Å². The van der Waals surface area contributed by atoms with Crippen LogP contribution in [0.1, 0.15) is 52.7 Å². The molecule has 0 bridgehead atoms. The van der Waals surface area contributed by atoms with Gasteiger partial charge in [0.15, 0.2) is 5.16 Å². The van der Waals surface area contributed by atoms with Crippen molar-refractivity contribution < 1.29 is 9.21 Å². The van der Waals surface area contributed by atoms with Gasteiger partial charge in [0.2, 0.25) is 0 Å². The highest BCUT2D eigenvalue weighted by Crippen LogP contribution is 2.40. The average Bonchev–Trinajstić information content (AvgIpc) is 3.45. The van der Waals surface area contributed by atoms with Gasteiger partial charge < -0.3 is 8.98 Å². The minimum absolute atomic E-state index is 0.0369. The summed E-state index contributed by atoms with van der Waals surface area (Å²) in [7, 11) is 0. The van der Waals surface area contributed by atoms with Gasteiger partial charge in [0, 0.05) is 28.6 Å². The van der Waals surface area contributed by atoms with Crippen molar-refractivity contribution in [2.45, 2.75) is 42.9 Å². The third kappa shape index (κ3) is 4.30. The second-order valence-electron chi connectivity index (χ2n) is 8.04. The number of nitrogens with zero attached hydrogens (tertiary/aromatic N) is 5. The number of furan rings is 1. The van der Waals surface area contributed by atoms with Gasteiger partial charge in [-0.3, -0.25) is 4.79 Å². The Hall–Kier alpha value is -2.69. The summed E-state index contributed by atoms with van der Waals surface area (Å²) in [6.45, 7) is 0. The lowest BCUT2D eigenvalue weighted by atomic mass is 10.1. The Balaban J connectivity index is 1.20. The van der Waals surface area contributed by atoms with Gasteiger partial charge in [-0.1, -0.05) is 23.9 Å². The molecule has 0 radical (unpaired) electrons. The standard InChI is InChI=1S/C23H21N5O2S3/c29-22(28-18(20-6-3-11-32-20)13-17(26-28)19-5-1-9-30-19)14-33-23-25-24-21(27(23)15-7-8-15)12-16-4-2-10-31-16/h1-6,9-11,15,18H,7-8,12-14H2. The second-order valence-corrected chi connectivity index (χ2v) is 11.0. The van der Waals surface area contributed by atoms with Crippen LogP contribution in [-0.2, 0) is 11.2 Å². The summed E-state index contributed by atoms with van der Waals surface area (Å²) >= 11 is 4.83. The first-order chi connectivity index (χ1) is 16.3. The molecule has 5 heterocycles. The summed E-state index contributed by atoms with van der Waals surface area (Å²) in [5.41, 5.74) is 0.802. The fraction of sp³-hybridized carbons (Fsp3) is 0.304. The number of rotatable bonds is 8. The number of thioether (sulfide) groups is 1. The molecule has 7 nitrogen and oxygen atoms in total. The van der Waals surface area contributed by atoms with Crippen LogP contribution >= 0.6 is 34.4 Å². The molecule has 33 heavy (non-hydrogen) atoms. The minimum Gasteiger partial charge on any atom is -0.463 e. The van der Waals surface area contributed by atoms with Crippen LogP contribution in [0.25, 0.3) is 0 Å². The van der Waals surface area contributed by atoms with E-state index in [1.807, 2.05) is 23.6 Å². The van der Waals surface area contributed by atoms with E-state index in [1.54, 1.807) is 33.9 Å². The summed E-state index contributed by atoms with van der Waals surface area (Å²) in [5, 5.41) is 20.1. The largest absolute Gasteiger partial charge is 0.463 e. The van der Waals surface area contributed by atoms with Crippen molar-refractivity contribution in [3.63, 3.8) is 0 Å². The molecule has 1 fully saturated rings. The van der Waals surface area contributed by atoms with E-state index >= 15 is 0 Å². The Morgan fingerprint density at radius 2 is 2.00 bits per heavy atom. The quantitative estimate of drug-likeness (QED) is 0.306. The van der Waals surface area contributed by atoms with Crippen molar-refractivity contribution in [2.75, 3.05) is 5.75 Å². The highest BCUT2D eigenvalue weighted by atomic mass is 32.2. The Morgan fingerprint density at radius 1 is 1.12 bits per heavy atom. The summed E-state index contributed by atoms with van der Waals surface area (Å²) in [6, 6.07) is 12.3. The maximum absolute atomic E-state index is 13.3. The van der Waals surface area contributed by atoms with Gasteiger partial charge in [-0.15, -0.1) is 32.9 Å². The summed E-state index contributed by atoms with van der Waals surface area (Å²) < 4.78 is 7.78. The number of aromatic nitrogens is 3. The second kappa shape index (κ2) is 8.92. The van der Waals surface area contributed by atoms with E-state index in [9.17, 15) is 4.79 Å². The van der Waals surface area contributed by atoms with Gasteiger partial charge in [-0.05, 0) is 47.9 Å². The Labute approximate surface area is 203 Å². The van der Waals surface area contributed by atoms with Gasteiger partial charge in [0.05, 0.1) is 18.1 Å². The SMILES string of the molecule is O=C(CSc1nnc(Cc2cccs2)n1C1CC1)N1N=C(c2ccco2)CC1c1cccs1. The Kier molecular flexibility index (Phi) is 5.65. The van der Waals surface area contributed by atoms with Gasteiger partial charge >= 0.3 is 0 Å². The van der Waals surface area contributed by atoms with Crippen LogP contribution in [0.15, 0.2) is 68.1 Å². The molecule has 1 aliphatic heterocycles. The number of hydrazone groups is 1. The number of hydrogen-bond donors (Lipinski definition) is 0. The van der Waals surface area contributed by atoms with Crippen LogP contribution in [0.2, 0.25) is 0 Å². The van der Waals surface area contributed by atoms with Gasteiger partial charge in [0.25, 0.3) is 5.91 Å². The van der Waals surface area contributed by atoms with Crippen molar-refractivity contribution in [3.8, 4) is 0 Å². The molecule has 1 amide bonds. The molecule has 6 rings (SSSR count). The van der Waals surface area contributed by atoms with Crippen molar-refractivity contribution in [3.05, 3.63) is 74.8 Å². The fourth-order valence-electron chi connectivity index (χ4n) is 4.02. The highest BCUT2D eigenvalue weighted by Gasteiger charge is 2.35. The molecule has 1 aliphatic carbocycles. The number of carbonyl (C=O) groups is 1. The van der Waals surface area contributed by atoms with Crippen LogP contribution in [-0.4, -0.2) is 37.1 Å². The summed E-state index contributed by atoms with van der Waals surface area (Å²) in [4.78, 5) is 15.7. The number of carbonyl (C=O) groups excluding carboxylic acids is 1. The first-order valence-corrected chi connectivity index (χ1v) is 13.6. The van der Waals surface area contributed by atoms with Gasteiger partial charge in [0.1, 0.15) is 17.3 Å². The summed E-state index contributed by atoms with van der Waals surface area (Å²) in [5.74, 6) is 1.92. The molecule has 1 unspecified atom stereocenters. The third-order valence-electron chi connectivity index (χ3n) is 5.73.